The van der Waals surface area contributed by atoms with Crippen LogP contribution in [0.15, 0.2) is 12.1 Å². The number of hydrogen-bond donors (Lipinski definition) is 0. The van der Waals surface area contributed by atoms with Crippen LogP contribution in [0.2, 0.25) is 0 Å². The van der Waals surface area contributed by atoms with E-state index in [1.807, 2.05) is 6.92 Å². The van der Waals surface area contributed by atoms with Gasteiger partial charge in [-0.15, -0.1) is 0 Å². The maximum atomic E-state index is 8.79. The molecule has 20 heavy (non-hydrogen) atoms. The van der Waals surface area contributed by atoms with Crippen molar-refractivity contribution in [2.75, 3.05) is 6.61 Å². The minimum absolute atomic E-state index is 0.0558. The molecule has 1 atom stereocenters. The zero-order valence-corrected chi connectivity index (χ0v) is 13.7. The molecule has 0 aliphatic carbocycles. The first-order valence-corrected chi connectivity index (χ1v) is 7.46. The van der Waals surface area contributed by atoms with Crippen molar-refractivity contribution in [2.24, 2.45) is 0 Å². The Labute approximate surface area is 123 Å². The standard InChI is InChI=1S/C18H27NO/c1-7-20-17-15(14(3)9-8-10-19)11-13(2)12-16(17)18(4,5)6/h11-12,14H,7-9H2,1-6H3. The topological polar surface area (TPSA) is 33.0 Å². The second-order valence-electron chi connectivity index (χ2n) is 6.51. The Balaban J connectivity index is 3.34. The van der Waals surface area contributed by atoms with Gasteiger partial charge in [0.1, 0.15) is 5.75 Å². The molecule has 0 amide bonds. The van der Waals surface area contributed by atoms with Crippen LogP contribution < -0.4 is 4.74 Å². The van der Waals surface area contributed by atoms with Crippen LogP contribution >= 0.6 is 0 Å². The van der Waals surface area contributed by atoms with Gasteiger partial charge in [-0.25, -0.2) is 0 Å². The molecule has 2 nitrogen and oxygen atoms in total. The van der Waals surface area contributed by atoms with Gasteiger partial charge < -0.3 is 4.74 Å². The van der Waals surface area contributed by atoms with Gasteiger partial charge in [0.15, 0.2) is 0 Å². The van der Waals surface area contributed by atoms with E-state index in [2.05, 4.69) is 52.8 Å². The first-order valence-electron chi connectivity index (χ1n) is 7.46. The molecule has 110 valence electrons. The molecule has 0 aliphatic rings. The average Bonchev–Trinajstić information content (AvgIpc) is 2.36. The molecule has 0 radical (unpaired) electrons. The summed E-state index contributed by atoms with van der Waals surface area (Å²) in [4.78, 5) is 0. The molecule has 0 saturated carbocycles. The SMILES string of the molecule is CCOc1c(C(C)CCC#N)cc(C)cc1C(C)(C)C. The number of nitrogens with zero attached hydrogens (tertiary/aromatic N) is 1. The summed E-state index contributed by atoms with van der Waals surface area (Å²) in [5.74, 6) is 1.37. The van der Waals surface area contributed by atoms with Crippen molar-refractivity contribution < 1.29 is 4.74 Å². The molecule has 1 aromatic carbocycles. The van der Waals surface area contributed by atoms with E-state index < -0.39 is 0 Å². The number of rotatable bonds is 5. The van der Waals surface area contributed by atoms with Crippen molar-refractivity contribution in [1.82, 2.24) is 0 Å². The molecule has 0 N–H and O–H groups in total. The van der Waals surface area contributed by atoms with Gasteiger partial charge in [0.05, 0.1) is 12.7 Å². The lowest BCUT2D eigenvalue weighted by atomic mass is 9.81. The molecule has 1 rings (SSSR count). The predicted molar refractivity (Wildman–Crippen MR) is 84.3 cm³/mol. The van der Waals surface area contributed by atoms with E-state index in [4.69, 9.17) is 10.00 Å². The van der Waals surface area contributed by atoms with Crippen LogP contribution in [0, 0.1) is 18.3 Å². The fraction of sp³-hybridized carbons (Fsp3) is 0.611. The second kappa shape index (κ2) is 6.79. The van der Waals surface area contributed by atoms with E-state index in [-0.39, 0.29) is 5.41 Å². The fourth-order valence-corrected chi connectivity index (χ4v) is 2.47. The number of ether oxygens (including phenoxy) is 1. The summed E-state index contributed by atoms with van der Waals surface area (Å²) in [6.45, 7) is 13.7. The van der Waals surface area contributed by atoms with E-state index in [1.54, 1.807) is 0 Å². The molecule has 0 spiro atoms. The summed E-state index contributed by atoms with van der Waals surface area (Å²) in [5, 5.41) is 8.79. The fourth-order valence-electron chi connectivity index (χ4n) is 2.47. The molecule has 1 aromatic rings. The lowest BCUT2D eigenvalue weighted by Crippen LogP contribution is -2.16. The highest BCUT2D eigenvalue weighted by Crippen LogP contribution is 2.39. The van der Waals surface area contributed by atoms with Gasteiger partial charge in [-0.2, -0.15) is 5.26 Å². The van der Waals surface area contributed by atoms with Crippen molar-refractivity contribution in [3.05, 3.63) is 28.8 Å². The van der Waals surface area contributed by atoms with Gasteiger partial charge in [-0.05, 0) is 37.2 Å². The predicted octanol–water partition coefficient (Wildman–Crippen LogP) is 5.10. The minimum atomic E-state index is 0.0558. The van der Waals surface area contributed by atoms with Crippen LogP contribution in [0.5, 0.6) is 5.75 Å². The first-order chi connectivity index (χ1) is 9.31. The molecule has 0 bridgehead atoms. The van der Waals surface area contributed by atoms with Crippen molar-refractivity contribution in [1.29, 1.82) is 5.26 Å². The molecular formula is C18H27NO. The number of benzene rings is 1. The number of aryl methyl sites for hydroxylation is 1. The minimum Gasteiger partial charge on any atom is -0.493 e. The van der Waals surface area contributed by atoms with Crippen LogP contribution in [0.4, 0.5) is 0 Å². The van der Waals surface area contributed by atoms with E-state index in [1.165, 1.54) is 16.7 Å². The Hall–Kier alpha value is -1.49. The normalized spacial score (nSPS) is 12.8. The van der Waals surface area contributed by atoms with E-state index in [0.717, 1.165) is 12.2 Å². The summed E-state index contributed by atoms with van der Waals surface area (Å²) in [6.07, 6.45) is 1.47. The van der Waals surface area contributed by atoms with Crippen LogP contribution in [-0.4, -0.2) is 6.61 Å². The Morgan fingerprint density at radius 3 is 2.45 bits per heavy atom. The summed E-state index contributed by atoms with van der Waals surface area (Å²) < 4.78 is 5.97. The van der Waals surface area contributed by atoms with Crippen molar-refractivity contribution >= 4 is 0 Å². The molecule has 0 aliphatic heterocycles. The lowest BCUT2D eigenvalue weighted by Gasteiger charge is -2.27. The summed E-state index contributed by atoms with van der Waals surface area (Å²) >= 11 is 0. The van der Waals surface area contributed by atoms with E-state index >= 15 is 0 Å². The first kappa shape index (κ1) is 16.6. The zero-order chi connectivity index (χ0) is 15.3. The van der Waals surface area contributed by atoms with Crippen LogP contribution in [-0.2, 0) is 5.41 Å². The van der Waals surface area contributed by atoms with Crippen LogP contribution in [0.3, 0.4) is 0 Å². The van der Waals surface area contributed by atoms with Crippen LogP contribution in [0.25, 0.3) is 0 Å². The molecule has 1 unspecified atom stereocenters. The third kappa shape index (κ3) is 4.00. The summed E-state index contributed by atoms with van der Waals surface area (Å²) in [6, 6.07) is 6.68. The van der Waals surface area contributed by atoms with Crippen molar-refractivity contribution in [3.63, 3.8) is 0 Å². The second-order valence-corrected chi connectivity index (χ2v) is 6.51. The highest BCUT2D eigenvalue weighted by molar-refractivity contribution is 5.49. The van der Waals surface area contributed by atoms with Gasteiger partial charge in [-0.3, -0.25) is 0 Å². The average molecular weight is 273 g/mol. The summed E-state index contributed by atoms with van der Waals surface area (Å²) in [5.41, 5.74) is 3.82. The zero-order valence-electron chi connectivity index (χ0n) is 13.7. The molecule has 0 fully saturated rings. The third-order valence-electron chi connectivity index (χ3n) is 3.58. The molecule has 0 saturated heterocycles. The molecule has 2 heteroatoms. The molecular weight excluding hydrogens is 246 g/mol. The largest absolute Gasteiger partial charge is 0.493 e. The third-order valence-corrected chi connectivity index (χ3v) is 3.58. The highest BCUT2D eigenvalue weighted by Gasteiger charge is 2.24. The van der Waals surface area contributed by atoms with Gasteiger partial charge in [-0.1, -0.05) is 45.4 Å². The summed E-state index contributed by atoms with van der Waals surface area (Å²) in [7, 11) is 0. The number of nitriles is 1. The van der Waals surface area contributed by atoms with Gasteiger partial charge >= 0.3 is 0 Å². The Morgan fingerprint density at radius 1 is 1.30 bits per heavy atom. The smallest absolute Gasteiger partial charge is 0.126 e. The van der Waals surface area contributed by atoms with Crippen molar-refractivity contribution in [2.45, 2.75) is 65.7 Å². The Morgan fingerprint density at radius 2 is 1.95 bits per heavy atom. The maximum Gasteiger partial charge on any atom is 0.126 e. The highest BCUT2D eigenvalue weighted by atomic mass is 16.5. The van der Waals surface area contributed by atoms with Gasteiger partial charge in [0, 0.05) is 12.0 Å². The lowest BCUT2D eigenvalue weighted by molar-refractivity contribution is 0.323. The monoisotopic (exact) mass is 273 g/mol. The Bertz CT molecular complexity index is 491. The quantitative estimate of drug-likeness (QED) is 0.747. The van der Waals surface area contributed by atoms with E-state index in [0.29, 0.717) is 18.9 Å². The van der Waals surface area contributed by atoms with Crippen molar-refractivity contribution in [3.8, 4) is 11.8 Å². The Kier molecular flexibility index (Phi) is 5.62. The van der Waals surface area contributed by atoms with Crippen LogP contribution in [0.1, 0.15) is 70.1 Å². The number of hydrogen-bond acceptors (Lipinski definition) is 2. The van der Waals surface area contributed by atoms with Gasteiger partial charge in [0.25, 0.3) is 0 Å². The maximum absolute atomic E-state index is 8.79. The molecule has 0 aromatic heterocycles. The molecule has 0 heterocycles. The van der Waals surface area contributed by atoms with Gasteiger partial charge in [0.2, 0.25) is 0 Å². The van der Waals surface area contributed by atoms with E-state index in [9.17, 15) is 0 Å².